The smallest absolute Gasteiger partial charge is 0.272 e. The zero-order valence-corrected chi connectivity index (χ0v) is 12.3. The fourth-order valence-electron chi connectivity index (χ4n) is 3.60. The molecule has 2 fully saturated rings. The molecule has 2 aliphatic heterocycles. The van der Waals surface area contributed by atoms with E-state index in [0.717, 1.165) is 25.8 Å². The van der Waals surface area contributed by atoms with Crippen LogP contribution in [0.15, 0.2) is 31.2 Å². The zero-order chi connectivity index (χ0) is 15.0. The number of hydrogen-bond acceptors (Lipinski definition) is 4. The van der Waals surface area contributed by atoms with E-state index >= 15 is 0 Å². The van der Waals surface area contributed by atoms with Crippen molar-refractivity contribution < 1.29 is 9.53 Å². The van der Waals surface area contributed by atoms with E-state index in [2.05, 4.69) is 19.5 Å². The van der Waals surface area contributed by atoms with E-state index in [0.29, 0.717) is 24.9 Å². The monoisotopic (exact) mass is 301 g/mol. The van der Waals surface area contributed by atoms with Gasteiger partial charge in [0.25, 0.3) is 5.91 Å². The first-order valence-corrected chi connectivity index (χ1v) is 7.65. The molecule has 4 rings (SSSR count). The number of imidazole rings is 2. The van der Waals surface area contributed by atoms with Crippen molar-refractivity contribution >= 4 is 5.91 Å². The maximum Gasteiger partial charge on any atom is 0.272 e. The van der Waals surface area contributed by atoms with Crippen molar-refractivity contribution in [1.82, 2.24) is 24.4 Å². The number of amides is 1. The summed E-state index contributed by atoms with van der Waals surface area (Å²) in [6, 6.07) is 0.310. The Bertz CT molecular complexity index is 639. The fourth-order valence-corrected chi connectivity index (χ4v) is 3.60. The van der Waals surface area contributed by atoms with E-state index in [1.54, 1.807) is 12.4 Å². The molecule has 2 aromatic rings. The molecule has 0 aromatic carbocycles. The molecule has 4 heterocycles. The number of nitrogens with one attached hydrogen (secondary N) is 1. The second-order valence-electron chi connectivity index (χ2n) is 6.16. The quantitative estimate of drug-likeness (QED) is 0.905. The molecule has 2 atom stereocenters. The van der Waals surface area contributed by atoms with E-state index in [-0.39, 0.29) is 11.5 Å². The Morgan fingerprint density at radius 3 is 3.18 bits per heavy atom. The van der Waals surface area contributed by atoms with E-state index in [4.69, 9.17) is 4.74 Å². The Kier molecular flexibility index (Phi) is 3.22. The van der Waals surface area contributed by atoms with Gasteiger partial charge in [0.2, 0.25) is 0 Å². The number of H-pyrrole nitrogens is 1. The summed E-state index contributed by atoms with van der Waals surface area (Å²) >= 11 is 0. The minimum Gasteiger partial charge on any atom is -0.371 e. The molecule has 7 heteroatoms. The highest BCUT2D eigenvalue weighted by atomic mass is 16.5. The fraction of sp³-hybridized carbons (Fsp3) is 0.533. The first-order valence-electron chi connectivity index (χ1n) is 7.65. The average Bonchev–Trinajstić information content (AvgIpc) is 3.28. The summed E-state index contributed by atoms with van der Waals surface area (Å²) in [5, 5.41) is 0. The second kappa shape index (κ2) is 5.24. The van der Waals surface area contributed by atoms with Crippen LogP contribution < -0.4 is 0 Å². The standard InChI is InChI=1S/C15H19N5O2/c21-14(13-7-17-10-18-13)19-4-1-2-15(9-19)6-12(8-22-15)20-5-3-16-11-20/h3,5,7,10-12H,1-2,4,6,8-9H2,(H,17,18). The molecule has 0 radical (unpaired) electrons. The predicted molar refractivity (Wildman–Crippen MR) is 78.3 cm³/mol. The number of ether oxygens (including phenoxy) is 1. The topological polar surface area (TPSA) is 76.0 Å². The SMILES string of the molecule is O=C(c1cnc[nH]1)N1CCCC2(CC(n3ccnc3)CO2)C1. The number of rotatable bonds is 2. The van der Waals surface area contributed by atoms with Gasteiger partial charge in [0, 0.05) is 25.4 Å². The number of piperidine rings is 1. The number of likely N-dealkylation sites (tertiary alicyclic amines) is 1. The van der Waals surface area contributed by atoms with Gasteiger partial charge in [-0.25, -0.2) is 9.97 Å². The largest absolute Gasteiger partial charge is 0.371 e. The number of hydrogen-bond donors (Lipinski definition) is 1. The van der Waals surface area contributed by atoms with Crippen molar-refractivity contribution in [3.05, 3.63) is 36.9 Å². The van der Waals surface area contributed by atoms with Crippen LogP contribution in [-0.4, -0.2) is 55.6 Å². The molecule has 2 unspecified atom stereocenters. The predicted octanol–water partition coefficient (Wildman–Crippen LogP) is 1.24. The Hall–Kier alpha value is -2.15. The van der Waals surface area contributed by atoms with Crippen LogP contribution in [0.1, 0.15) is 35.8 Å². The highest BCUT2D eigenvalue weighted by molar-refractivity contribution is 5.92. The number of aromatic nitrogens is 4. The first kappa shape index (κ1) is 13.5. The lowest BCUT2D eigenvalue weighted by Gasteiger charge is -2.39. The van der Waals surface area contributed by atoms with E-state index < -0.39 is 0 Å². The van der Waals surface area contributed by atoms with Crippen molar-refractivity contribution in [2.45, 2.75) is 30.9 Å². The lowest BCUT2D eigenvalue weighted by atomic mass is 9.88. The lowest BCUT2D eigenvalue weighted by Crippen LogP contribution is -2.50. The molecule has 0 aliphatic carbocycles. The molecule has 1 amide bonds. The van der Waals surface area contributed by atoms with Crippen LogP contribution in [0.25, 0.3) is 0 Å². The summed E-state index contributed by atoms with van der Waals surface area (Å²) < 4.78 is 8.25. The Morgan fingerprint density at radius 1 is 1.45 bits per heavy atom. The van der Waals surface area contributed by atoms with Crippen LogP contribution >= 0.6 is 0 Å². The van der Waals surface area contributed by atoms with Gasteiger partial charge in [-0.2, -0.15) is 0 Å². The second-order valence-corrected chi connectivity index (χ2v) is 6.16. The van der Waals surface area contributed by atoms with E-state index in [1.165, 1.54) is 6.33 Å². The molecule has 2 aliphatic rings. The highest BCUT2D eigenvalue weighted by Gasteiger charge is 2.45. The van der Waals surface area contributed by atoms with Crippen LogP contribution in [0.2, 0.25) is 0 Å². The van der Waals surface area contributed by atoms with Gasteiger partial charge in [0.1, 0.15) is 5.69 Å². The summed E-state index contributed by atoms with van der Waals surface area (Å²) in [7, 11) is 0. The number of aromatic amines is 1. The van der Waals surface area contributed by atoms with Gasteiger partial charge in [-0.15, -0.1) is 0 Å². The summed E-state index contributed by atoms with van der Waals surface area (Å²) in [6.45, 7) is 2.11. The summed E-state index contributed by atoms with van der Waals surface area (Å²) in [6.07, 6.45) is 11.6. The molecule has 1 N–H and O–H groups in total. The normalized spacial score (nSPS) is 28.4. The third-order valence-electron chi connectivity index (χ3n) is 4.69. The van der Waals surface area contributed by atoms with Gasteiger partial charge < -0.3 is 19.2 Å². The van der Waals surface area contributed by atoms with Gasteiger partial charge in [0.05, 0.1) is 43.6 Å². The minimum atomic E-state index is -0.219. The van der Waals surface area contributed by atoms with Crippen LogP contribution in [0, 0.1) is 0 Å². The summed E-state index contributed by atoms with van der Waals surface area (Å²) in [5.74, 6) is 0.00579. The van der Waals surface area contributed by atoms with Gasteiger partial charge in [-0.3, -0.25) is 4.79 Å². The van der Waals surface area contributed by atoms with Crippen LogP contribution in [0.4, 0.5) is 0 Å². The van der Waals surface area contributed by atoms with Gasteiger partial charge in [-0.05, 0) is 12.8 Å². The molecular weight excluding hydrogens is 282 g/mol. The summed E-state index contributed by atoms with van der Waals surface area (Å²) in [5.41, 5.74) is 0.323. The van der Waals surface area contributed by atoms with Crippen molar-refractivity contribution in [2.24, 2.45) is 0 Å². The first-order chi connectivity index (χ1) is 10.8. The van der Waals surface area contributed by atoms with Crippen molar-refractivity contribution in [2.75, 3.05) is 19.7 Å². The minimum absolute atomic E-state index is 0.00579. The molecule has 7 nitrogen and oxygen atoms in total. The molecule has 116 valence electrons. The maximum absolute atomic E-state index is 12.5. The summed E-state index contributed by atoms with van der Waals surface area (Å²) in [4.78, 5) is 25.3. The third-order valence-corrected chi connectivity index (χ3v) is 4.69. The van der Waals surface area contributed by atoms with Crippen LogP contribution in [-0.2, 0) is 4.74 Å². The Balaban J connectivity index is 1.48. The third kappa shape index (κ3) is 2.31. The molecule has 2 saturated heterocycles. The number of nitrogens with zero attached hydrogens (tertiary/aromatic N) is 4. The highest BCUT2D eigenvalue weighted by Crippen LogP contribution is 2.39. The number of carbonyl (C=O) groups is 1. The average molecular weight is 301 g/mol. The molecule has 22 heavy (non-hydrogen) atoms. The Morgan fingerprint density at radius 2 is 2.41 bits per heavy atom. The molecule has 1 spiro atoms. The van der Waals surface area contributed by atoms with E-state index in [9.17, 15) is 4.79 Å². The molecular formula is C15H19N5O2. The van der Waals surface area contributed by atoms with Crippen molar-refractivity contribution in [3.63, 3.8) is 0 Å². The van der Waals surface area contributed by atoms with Gasteiger partial charge in [-0.1, -0.05) is 0 Å². The number of carbonyl (C=O) groups excluding carboxylic acids is 1. The van der Waals surface area contributed by atoms with E-state index in [1.807, 2.05) is 17.4 Å². The van der Waals surface area contributed by atoms with Crippen LogP contribution in [0.5, 0.6) is 0 Å². The van der Waals surface area contributed by atoms with Crippen molar-refractivity contribution in [3.8, 4) is 0 Å². The molecule has 2 aromatic heterocycles. The zero-order valence-electron chi connectivity index (χ0n) is 12.3. The van der Waals surface area contributed by atoms with Gasteiger partial charge in [0.15, 0.2) is 0 Å². The van der Waals surface area contributed by atoms with Crippen LogP contribution in [0.3, 0.4) is 0 Å². The van der Waals surface area contributed by atoms with Crippen molar-refractivity contribution in [1.29, 1.82) is 0 Å². The lowest BCUT2D eigenvalue weighted by molar-refractivity contribution is -0.0450. The Labute approximate surface area is 128 Å². The molecule has 0 bridgehead atoms. The maximum atomic E-state index is 12.5. The molecule has 0 saturated carbocycles. The van der Waals surface area contributed by atoms with Gasteiger partial charge >= 0.3 is 0 Å².